The molecule has 7 nitrogen and oxygen atoms in total. The van der Waals surface area contributed by atoms with Crippen LogP contribution in [0.5, 0.6) is 5.75 Å². The standard InChI is InChI=1S/C43H36ClN3O4/c1-27-9-8-10-28(21-27)26-51-39-16-15-32(44)22-31(39)23-38-41(48)45-43(50)47(42(38)49)33-24-36-34(29-11-4-2-5-12-29)17-19-46-20-18-35(37(25-33)40(36)46)30-13-6-3-7-14-30/h2-16,21-25,34-35H,17-20,26H2,1H3,(H,45,48,50)/b38-23+/t34-,35-/m1/s1. The Balaban J connectivity index is 1.22. The van der Waals surface area contributed by atoms with Gasteiger partial charge in [0.05, 0.1) is 5.69 Å². The van der Waals surface area contributed by atoms with E-state index in [1.165, 1.54) is 22.9 Å². The minimum atomic E-state index is -0.785. The van der Waals surface area contributed by atoms with Gasteiger partial charge in [0.15, 0.2) is 0 Å². The number of barbiturate groups is 1. The Morgan fingerprint density at radius 3 is 2.06 bits per heavy atom. The summed E-state index contributed by atoms with van der Waals surface area (Å²) in [6.07, 6.45) is 3.26. The highest BCUT2D eigenvalue weighted by Gasteiger charge is 2.40. The Kier molecular flexibility index (Phi) is 8.66. The third-order valence-electron chi connectivity index (χ3n) is 10.1. The van der Waals surface area contributed by atoms with E-state index in [-0.39, 0.29) is 24.0 Å². The maximum Gasteiger partial charge on any atom is 0.335 e. The van der Waals surface area contributed by atoms with Crippen LogP contribution in [0.25, 0.3) is 6.08 Å². The zero-order valence-electron chi connectivity index (χ0n) is 28.1. The zero-order valence-corrected chi connectivity index (χ0v) is 28.9. The van der Waals surface area contributed by atoms with Crippen molar-refractivity contribution in [3.63, 3.8) is 0 Å². The fourth-order valence-corrected chi connectivity index (χ4v) is 7.92. The largest absolute Gasteiger partial charge is 0.488 e. The monoisotopic (exact) mass is 693 g/mol. The average Bonchev–Trinajstić information content (AvgIpc) is 3.14. The zero-order chi connectivity index (χ0) is 35.1. The van der Waals surface area contributed by atoms with Gasteiger partial charge in [0.2, 0.25) is 0 Å². The number of imide groups is 2. The van der Waals surface area contributed by atoms with Crippen LogP contribution < -0.4 is 19.9 Å². The lowest BCUT2D eigenvalue weighted by molar-refractivity contribution is -0.122. The van der Waals surface area contributed by atoms with Crippen LogP contribution in [0.1, 0.15) is 63.6 Å². The first-order valence-electron chi connectivity index (χ1n) is 17.3. The predicted octanol–water partition coefficient (Wildman–Crippen LogP) is 8.77. The number of amides is 4. The summed E-state index contributed by atoms with van der Waals surface area (Å²) in [6.45, 7) is 4.13. The van der Waals surface area contributed by atoms with E-state index in [9.17, 15) is 14.4 Å². The summed E-state index contributed by atoms with van der Waals surface area (Å²) in [5.41, 5.74) is 8.46. The highest BCUT2D eigenvalue weighted by atomic mass is 35.5. The molecule has 1 saturated heterocycles. The number of halogens is 1. The van der Waals surface area contributed by atoms with Crippen LogP contribution in [0.15, 0.2) is 121 Å². The second kappa shape index (κ2) is 13.6. The summed E-state index contributed by atoms with van der Waals surface area (Å²) in [5.74, 6) is -0.890. The molecule has 0 unspecified atom stereocenters. The van der Waals surface area contributed by atoms with Gasteiger partial charge in [-0.3, -0.25) is 14.9 Å². The number of hydrogen-bond acceptors (Lipinski definition) is 5. The van der Waals surface area contributed by atoms with Crippen LogP contribution in [0.3, 0.4) is 0 Å². The molecule has 0 saturated carbocycles. The van der Waals surface area contributed by atoms with E-state index in [0.717, 1.165) is 53.1 Å². The average molecular weight is 694 g/mol. The van der Waals surface area contributed by atoms with Gasteiger partial charge < -0.3 is 9.64 Å². The Morgan fingerprint density at radius 1 is 0.784 bits per heavy atom. The molecule has 51 heavy (non-hydrogen) atoms. The fraction of sp³-hybridized carbons (Fsp3) is 0.186. The SMILES string of the molecule is Cc1cccc(COc2ccc(Cl)cc2/C=C2\C(=O)NC(=O)N(c3cc4c5c(c3)[C@@H](c3ccccc3)CCN5CC[C@@H]4c3ccccc3)C2=O)c1. The van der Waals surface area contributed by atoms with Crippen molar-refractivity contribution in [1.82, 2.24) is 5.32 Å². The first-order chi connectivity index (χ1) is 24.8. The van der Waals surface area contributed by atoms with Gasteiger partial charge in [0.25, 0.3) is 11.8 Å². The molecule has 0 aromatic heterocycles. The first kappa shape index (κ1) is 32.5. The molecule has 4 amide bonds. The third kappa shape index (κ3) is 6.30. The number of aryl methyl sites for hydroxylation is 1. The van der Waals surface area contributed by atoms with Crippen LogP contribution in [-0.4, -0.2) is 30.9 Å². The van der Waals surface area contributed by atoms with Crippen LogP contribution in [0.4, 0.5) is 16.2 Å². The lowest BCUT2D eigenvalue weighted by atomic mass is 9.76. The first-order valence-corrected chi connectivity index (χ1v) is 17.6. The molecule has 5 aromatic carbocycles. The molecule has 3 aliphatic rings. The molecule has 1 N–H and O–H groups in total. The van der Waals surface area contributed by atoms with Gasteiger partial charge in [-0.05, 0) is 84.0 Å². The van der Waals surface area contributed by atoms with Gasteiger partial charge in [-0.1, -0.05) is 102 Å². The van der Waals surface area contributed by atoms with Gasteiger partial charge in [0.1, 0.15) is 17.9 Å². The van der Waals surface area contributed by atoms with Crippen molar-refractivity contribution in [2.24, 2.45) is 0 Å². The van der Waals surface area contributed by atoms with E-state index < -0.39 is 17.8 Å². The molecule has 0 bridgehead atoms. The summed E-state index contributed by atoms with van der Waals surface area (Å²) in [5, 5.41) is 2.84. The Bertz CT molecular complexity index is 2130. The Hall–Kier alpha value is -5.66. The van der Waals surface area contributed by atoms with Crippen LogP contribution in [0, 0.1) is 6.92 Å². The molecule has 3 heterocycles. The van der Waals surface area contributed by atoms with Gasteiger partial charge in [-0.25, -0.2) is 9.69 Å². The van der Waals surface area contributed by atoms with Crippen molar-refractivity contribution in [2.75, 3.05) is 22.9 Å². The van der Waals surface area contributed by atoms with Gasteiger partial charge >= 0.3 is 6.03 Å². The summed E-state index contributed by atoms with van der Waals surface area (Å²) in [6, 6.07) is 36.9. The second-order valence-electron chi connectivity index (χ2n) is 13.4. The number of nitrogens with one attached hydrogen (secondary N) is 1. The number of carbonyl (C=O) groups excluding carboxylic acids is 3. The lowest BCUT2D eigenvalue weighted by Gasteiger charge is -2.44. The molecule has 0 radical (unpaired) electrons. The van der Waals surface area contributed by atoms with E-state index in [1.54, 1.807) is 18.2 Å². The number of anilines is 2. The maximum atomic E-state index is 14.4. The highest BCUT2D eigenvalue weighted by molar-refractivity contribution is 6.39. The number of hydrogen-bond donors (Lipinski definition) is 1. The van der Waals surface area contributed by atoms with Gasteiger partial charge in [-0.15, -0.1) is 0 Å². The Labute approximate surface area is 302 Å². The van der Waals surface area contributed by atoms with E-state index in [1.807, 2.05) is 79.7 Å². The number of ether oxygens (including phenoxy) is 1. The summed E-state index contributed by atoms with van der Waals surface area (Å²) in [7, 11) is 0. The van der Waals surface area contributed by atoms with Crippen molar-refractivity contribution in [1.29, 1.82) is 0 Å². The quantitative estimate of drug-likeness (QED) is 0.136. The molecule has 3 aliphatic heterocycles. The molecule has 8 rings (SSSR count). The van der Waals surface area contributed by atoms with E-state index in [0.29, 0.717) is 22.0 Å². The van der Waals surface area contributed by atoms with Gasteiger partial charge in [0, 0.05) is 41.2 Å². The van der Waals surface area contributed by atoms with Crippen LogP contribution >= 0.6 is 11.6 Å². The van der Waals surface area contributed by atoms with Crippen molar-refractivity contribution in [3.05, 3.63) is 165 Å². The van der Waals surface area contributed by atoms with Crippen molar-refractivity contribution in [3.8, 4) is 5.75 Å². The van der Waals surface area contributed by atoms with Crippen LogP contribution in [0.2, 0.25) is 5.02 Å². The van der Waals surface area contributed by atoms with Crippen LogP contribution in [-0.2, 0) is 16.2 Å². The number of benzene rings is 5. The minimum Gasteiger partial charge on any atom is -0.488 e. The number of urea groups is 1. The van der Waals surface area contributed by atoms with E-state index >= 15 is 0 Å². The summed E-state index contributed by atoms with van der Waals surface area (Å²) in [4.78, 5) is 45.0. The highest BCUT2D eigenvalue weighted by Crippen LogP contribution is 2.50. The molecule has 254 valence electrons. The molecular weight excluding hydrogens is 658 g/mol. The smallest absolute Gasteiger partial charge is 0.335 e. The number of carbonyl (C=O) groups is 3. The minimum absolute atomic E-state index is 0.0739. The molecule has 1 fully saturated rings. The third-order valence-corrected chi connectivity index (χ3v) is 10.3. The van der Waals surface area contributed by atoms with E-state index in [2.05, 4.69) is 34.5 Å². The molecule has 2 atom stereocenters. The van der Waals surface area contributed by atoms with Gasteiger partial charge in [-0.2, -0.15) is 0 Å². The number of nitrogens with zero attached hydrogens (tertiary/aromatic N) is 2. The molecule has 8 heteroatoms. The molecule has 0 aliphatic carbocycles. The molecule has 5 aromatic rings. The Morgan fingerprint density at radius 2 is 1.43 bits per heavy atom. The van der Waals surface area contributed by atoms with Crippen molar-refractivity contribution in [2.45, 2.75) is 38.2 Å². The topological polar surface area (TPSA) is 79.0 Å². The summed E-state index contributed by atoms with van der Waals surface area (Å²) >= 11 is 6.40. The maximum absolute atomic E-state index is 14.4. The predicted molar refractivity (Wildman–Crippen MR) is 200 cm³/mol. The van der Waals surface area contributed by atoms with E-state index in [4.69, 9.17) is 16.3 Å². The molecular formula is C43H36ClN3O4. The fourth-order valence-electron chi connectivity index (χ4n) is 7.74. The lowest BCUT2D eigenvalue weighted by Crippen LogP contribution is -2.54. The summed E-state index contributed by atoms with van der Waals surface area (Å²) < 4.78 is 6.16. The van der Waals surface area contributed by atoms with Crippen molar-refractivity contribution < 1.29 is 19.1 Å². The van der Waals surface area contributed by atoms with Crippen molar-refractivity contribution >= 4 is 46.9 Å². The number of rotatable bonds is 7. The second-order valence-corrected chi connectivity index (χ2v) is 13.8. The molecule has 0 spiro atoms. The normalized spacial score (nSPS) is 19.2.